The van der Waals surface area contributed by atoms with Gasteiger partial charge in [0.2, 0.25) is 0 Å². The van der Waals surface area contributed by atoms with Crippen LogP contribution in [0.1, 0.15) is 15.9 Å². The second kappa shape index (κ2) is 5.29. The van der Waals surface area contributed by atoms with Crippen LogP contribution in [0.25, 0.3) is 0 Å². The van der Waals surface area contributed by atoms with Crippen molar-refractivity contribution in [1.29, 1.82) is 0 Å². The van der Waals surface area contributed by atoms with Crippen LogP contribution in [-0.4, -0.2) is 5.78 Å². The molecule has 0 aliphatic heterocycles. The zero-order chi connectivity index (χ0) is 11.7. The van der Waals surface area contributed by atoms with E-state index in [1.165, 1.54) is 11.3 Å². The Labute approximate surface area is 128 Å². The van der Waals surface area contributed by atoms with Crippen LogP contribution in [-0.2, 0) is 0 Å². The van der Waals surface area contributed by atoms with Crippen LogP contribution < -0.4 is 0 Å². The second-order valence-electron chi connectivity index (χ2n) is 3.07. The van der Waals surface area contributed by atoms with E-state index < -0.39 is 0 Å². The number of halogens is 3. The maximum Gasteiger partial charge on any atom is 0.195 e. The van der Waals surface area contributed by atoms with E-state index in [1.807, 2.05) is 30.3 Å². The molecule has 1 aromatic heterocycles. The van der Waals surface area contributed by atoms with Gasteiger partial charge < -0.3 is 0 Å². The van der Waals surface area contributed by atoms with E-state index in [0.29, 0.717) is 11.1 Å². The van der Waals surface area contributed by atoms with Crippen molar-refractivity contribution in [2.45, 2.75) is 0 Å². The second-order valence-corrected chi connectivity index (χ2v) is 8.07. The van der Waals surface area contributed by atoms with Crippen molar-refractivity contribution in [3.05, 3.63) is 52.6 Å². The zero-order valence-corrected chi connectivity index (χ0v) is 14.0. The Hall–Kier alpha value is 0.280. The topological polar surface area (TPSA) is 17.1 Å². The van der Waals surface area contributed by atoms with Gasteiger partial charge in [-0.1, -0.05) is 0 Å². The molecule has 0 saturated heterocycles. The minimum absolute atomic E-state index is 0.0465. The fourth-order valence-corrected chi connectivity index (χ4v) is 4.40. The summed E-state index contributed by atoms with van der Waals surface area (Å²) in [6.45, 7) is 0. The van der Waals surface area contributed by atoms with Crippen molar-refractivity contribution in [1.82, 2.24) is 0 Å². The lowest BCUT2D eigenvalue weighted by Crippen LogP contribution is -1.99. The minimum atomic E-state index is 0.0465. The Morgan fingerprint density at radius 1 is 1.19 bits per heavy atom. The highest BCUT2D eigenvalue weighted by molar-refractivity contribution is 14.1. The van der Waals surface area contributed by atoms with Crippen LogP contribution in [0.15, 0.2) is 37.9 Å². The number of benzene rings is 1. The van der Waals surface area contributed by atoms with Gasteiger partial charge in [-0.15, -0.1) is 11.3 Å². The van der Waals surface area contributed by atoms with E-state index >= 15 is 0 Å². The summed E-state index contributed by atoms with van der Waals surface area (Å²) in [5.74, 6) is 0.0465. The number of hydrogen-bond donors (Lipinski definition) is 0. The Balaban J connectivity index is 2.39. The van der Waals surface area contributed by atoms with Gasteiger partial charge in [0.1, 0.15) is 0 Å². The lowest BCUT2D eigenvalue weighted by molar-refractivity contribution is 0.103. The van der Waals surface area contributed by atoms with Crippen LogP contribution in [0.3, 0.4) is 0 Å². The van der Waals surface area contributed by atoms with Crippen molar-refractivity contribution in [3.8, 4) is 0 Å². The molecule has 1 nitrogen and oxygen atoms in total. The highest BCUT2D eigenvalue weighted by Crippen LogP contribution is 2.33. The first kappa shape index (κ1) is 12.7. The molecule has 0 unspecified atom stereocenters. The number of rotatable bonds is 2. The first-order chi connectivity index (χ1) is 7.58. The Kier molecular flexibility index (Phi) is 4.21. The number of thiophene rings is 1. The molecular weight excluding hydrogens is 467 g/mol. The third kappa shape index (κ3) is 2.75. The van der Waals surface area contributed by atoms with Gasteiger partial charge in [-0.3, -0.25) is 4.79 Å². The number of ketones is 1. The summed E-state index contributed by atoms with van der Waals surface area (Å²) in [7, 11) is 0. The molecule has 16 heavy (non-hydrogen) atoms. The number of hydrogen-bond acceptors (Lipinski definition) is 2. The Morgan fingerprint density at radius 3 is 2.31 bits per heavy atom. The van der Waals surface area contributed by atoms with Gasteiger partial charge in [-0.25, -0.2) is 0 Å². The summed E-state index contributed by atoms with van der Waals surface area (Å²) in [6.07, 6.45) is 0. The van der Waals surface area contributed by atoms with Gasteiger partial charge in [-0.2, -0.15) is 0 Å². The molecule has 0 fully saturated rings. The molecule has 0 atom stereocenters. The highest BCUT2D eigenvalue weighted by Gasteiger charge is 2.15. The SMILES string of the molecule is O=C(c1ccc(I)cc1)c1cc(Br)sc1Br. The molecule has 1 aromatic carbocycles. The van der Waals surface area contributed by atoms with E-state index in [4.69, 9.17) is 0 Å². The van der Waals surface area contributed by atoms with E-state index in [-0.39, 0.29) is 5.78 Å². The number of carbonyl (C=O) groups is 1. The van der Waals surface area contributed by atoms with Gasteiger partial charge in [0.25, 0.3) is 0 Å². The summed E-state index contributed by atoms with van der Waals surface area (Å²) in [5.41, 5.74) is 1.42. The van der Waals surface area contributed by atoms with Crippen LogP contribution in [0.4, 0.5) is 0 Å². The first-order valence-corrected chi connectivity index (χ1v) is 7.81. The fourth-order valence-electron chi connectivity index (χ4n) is 1.25. The average molecular weight is 472 g/mol. The molecule has 0 amide bonds. The van der Waals surface area contributed by atoms with Gasteiger partial charge in [0.15, 0.2) is 5.78 Å². The van der Waals surface area contributed by atoms with Crippen molar-refractivity contribution in [2.24, 2.45) is 0 Å². The molecule has 2 rings (SSSR count). The van der Waals surface area contributed by atoms with Crippen molar-refractivity contribution in [3.63, 3.8) is 0 Å². The molecule has 0 bridgehead atoms. The Bertz CT molecular complexity index is 533. The smallest absolute Gasteiger partial charge is 0.195 e. The van der Waals surface area contributed by atoms with Crippen molar-refractivity contribution < 1.29 is 4.79 Å². The van der Waals surface area contributed by atoms with Gasteiger partial charge in [0.05, 0.1) is 7.57 Å². The van der Waals surface area contributed by atoms with Crippen LogP contribution in [0, 0.1) is 3.57 Å². The summed E-state index contributed by atoms with van der Waals surface area (Å²) in [6, 6.07) is 9.41. The predicted molar refractivity (Wildman–Crippen MR) is 82.3 cm³/mol. The number of carbonyl (C=O) groups excluding carboxylic acids is 1. The third-order valence-corrected chi connectivity index (χ3v) is 5.07. The van der Waals surface area contributed by atoms with Crippen molar-refractivity contribution in [2.75, 3.05) is 0 Å². The maximum absolute atomic E-state index is 12.1. The van der Waals surface area contributed by atoms with Crippen LogP contribution in [0.2, 0.25) is 0 Å². The minimum Gasteiger partial charge on any atom is -0.289 e. The predicted octanol–water partition coefficient (Wildman–Crippen LogP) is 5.11. The molecule has 1 heterocycles. The van der Waals surface area contributed by atoms with Crippen molar-refractivity contribution >= 4 is 71.6 Å². The first-order valence-electron chi connectivity index (χ1n) is 4.33. The Morgan fingerprint density at radius 2 is 1.81 bits per heavy atom. The van der Waals surface area contributed by atoms with Gasteiger partial charge in [-0.05, 0) is 84.8 Å². The lowest BCUT2D eigenvalue weighted by Gasteiger charge is -1.99. The molecule has 82 valence electrons. The standard InChI is InChI=1S/C11H5Br2IOS/c12-9-5-8(11(13)16-9)10(15)6-1-3-7(14)4-2-6/h1-5H. The van der Waals surface area contributed by atoms with Crippen LogP contribution >= 0.6 is 65.8 Å². The summed E-state index contributed by atoms with van der Waals surface area (Å²) >= 11 is 10.5. The van der Waals surface area contributed by atoms with E-state index in [2.05, 4.69) is 54.5 Å². The zero-order valence-electron chi connectivity index (χ0n) is 7.84. The van der Waals surface area contributed by atoms with Crippen LogP contribution in [0.5, 0.6) is 0 Å². The molecule has 0 saturated carbocycles. The molecule has 0 aliphatic rings. The lowest BCUT2D eigenvalue weighted by atomic mass is 10.1. The summed E-state index contributed by atoms with van der Waals surface area (Å²) in [4.78, 5) is 12.1. The molecule has 2 aromatic rings. The van der Waals surface area contributed by atoms with Gasteiger partial charge in [0, 0.05) is 14.7 Å². The van der Waals surface area contributed by atoms with E-state index in [1.54, 1.807) is 0 Å². The highest BCUT2D eigenvalue weighted by atomic mass is 127. The molecule has 0 aliphatic carbocycles. The molecule has 0 radical (unpaired) electrons. The summed E-state index contributed by atoms with van der Waals surface area (Å²) in [5, 5.41) is 0. The van der Waals surface area contributed by atoms with E-state index in [0.717, 1.165) is 11.1 Å². The maximum atomic E-state index is 12.1. The largest absolute Gasteiger partial charge is 0.289 e. The molecule has 0 N–H and O–H groups in total. The quantitative estimate of drug-likeness (QED) is 0.439. The monoisotopic (exact) mass is 470 g/mol. The average Bonchev–Trinajstić information content (AvgIpc) is 2.58. The molecular formula is C11H5Br2IOS. The van der Waals surface area contributed by atoms with E-state index in [9.17, 15) is 4.79 Å². The fraction of sp³-hybridized carbons (Fsp3) is 0. The van der Waals surface area contributed by atoms with Gasteiger partial charge >= 0.3 is 0 Å². The normalized spacial score (nSPS) is 10.4. The molecule has 5 heteroatoms. The summed E-state index contributed by atoms with van der Waals surface area (Å²) < 4.78 is 2.94. The molecule has 0 spiro atoms. The third-order valence-electron chi connectivity index (χ3n) is 2.01.